The lowest BCUT2D eigenvalue weighted by molar-refractivity contribution is 0.0691. The second-order valence-electron chi connectivity index (χ2n) is 6.44. The van der Waals surface area contributed by atoms with E-state index in [0.29, 0.717) is 5.82 Å². The van der Waals surface area contributed by atoms with Crippen LogP contribution in [0.25, 0.3) is 0 Å². The molecule has 3 rings (SSSR count). The van der Waals surface area contributed by atoms with Crippen molar-refractivity contribution in [3.63, 3.8) is 0 Å². The molecule has 2 aromatic rings. The molecule has 28 heavy (non-hydrogen) atoms. The van der Waals surface area contributed by atoms with Crippen LogP contribution in [-0.2, 0) is 10.0 Å². The Kier molecular flexibility index (Phi) is 6.09. The van der Waals surface area contributed by atoms with E-state index in [1.54, 1.807) is 21.9 Å². The monoisotopic (exact) mass is 443 g/mol. The Morgan fingerprint density at radius 3 is 2.21 bits per heavy atom. The number of carbonyl (C=O) groups is 1. The quantitative estimate of drug-likeness (QED) is 0.717. The van der Waals surface area contributed by atoms with Crippen LogP contribution in [0, 0.1) is 0 Å². The summed E-state index contributed by atoms with van der Waals surface area (Å²) in [5.41, 5.74) is 0.228. The number of rotatable bonds is 4. The molecule has 11 heteroatoms. The summed E-state index contributed by atoms with van der Waals surface area (Å²) in [6.07, 6.45) is 0. The number of piperazine rings is 1. The number of nitrogens with zero attached hydrogens (tertiary/aromatic N) is 5. The van der Waals surface area contributed by atoms with Gasteiger partial charge in [0.25, 0.3) is 5.91 Å². The highest BCUT2D eigenvalue weighted by molar-refractivity contribution is 7.89. The highest BCUT2D eigenvalue weighted by atomic mass is 35.5. The zero-order chi connectivity index (χ0) is 20.5. The van der Waals surface area contributed by atoms with Gasteiger partial charge in [-0.3, -0.25) is 4.79 Å². The predicted molar refractivity (Wildman–Crippen MR) is 107 cm³/mol. The minimum atomic E-state index is -3.71. The van der Waals surface area contributed by atoms with Crippen molar-refractivity contribution in [1.29, 1.82) is 0 Å². The number of halogens is 2. The van der Waals surface area contributed by atoms with E-state index in [4.69, 9.17) is 23.2 Å². The van der Waals surface area contributed by atoms with Crippen LogP contribution in [0.5, 0.6) is 0 Å². The van der Waals surface area contributed by atoms with Gasteiger partial charge in [-0.25, -0.2) is 8.42 Å². The molecular weight excluding hydrogens is 425 g/mol. The van der Waals surface area contributed by atoms with Gasteiger partial charge in [0.15, 0.2) is 11.5 Å². The number of carbonyl (C=O) groups excluding carboxylic acids is 1. The molecule has 150 valence electrons. The predicted octanol–water partition coefficient (Wildman–Crippen LogP) is 2.00. The SMILES string of the molecule is CN(C)c1ccc(C(=O)N2CCN(S(=O)(=O)c3ccc(Cl)c(Cl)c3)CC2)nn1. The van der Waals surface area contributed by atoms with Crippen LogP contribution in [0.1, 0.15) is 10.5 Å². The number of sulfonamides is 1. The average molecular weight is 444 g/mol. The molecule has 2 heterocycles. The Hall–Kier alpha value is -1.94. The fourth-order valence-corrected chi connectivity index (χ4v) is 4.57. The summed E-state index contributed by atoms with van der Waals surface area (Å²) in [6, 6.07) is 7.53. The Morgan fingerprint density at radius 2 is 1.68 bits per heavy atom. The second-order valence-corrected chi connectivity index (χ2v) is 9.20. The lowest BCUT2D eigenvalue weighted by atomic mass is 10.3. The fourth-order valence-electron chi connectivity index (χ4n) is 2.76. The first-order valence-corrected chi connectivity index (χ1v) is 10.7. The number of anilines is 1. The number of aromatic nitrogens is 2. The van der Waals surface area contributed by atoms with Crippen molar-refractivity contribution in [2.45, 2.75) is 4.90 Å². The third-order valence-corrected chi connectivity index (χ3v) is 7.02. The number of benzene rings is 1. The summed E-state index contributed by atoms with van der Waals surface area (Å²) < 4.78 is 26.9. The summed E-state index contributed by atoms with van der Waals surface area (Å²) in [5, 5.41) is 8.44. The molecule has 1 aliphatic heterocycles. The molecule has 8 nitrogen and oxygen atoms in total. The molecule has 0 unspecified atom stereocenters. The van der Waals surface area contributed by atoms with E-state index in [9.17, 15) is 13.2 Å². The maximum atomic E-state index is 12.8. The van der Waals surface area contributed by atoms with Gasteiger partial charge in [-0.15, -0.1) is 10.2 Å². The molecule has 1 saturated heterocycles. The lowest BCUT2D eigenvalue weighted by Crippen LogP contribution is -2.50. The maximum Gasteiger partial charge on any atom is 0.274 e. The van der Waals surface area contributed by atoms with Crippen LogP contribution >= 0.6 is 23.2 Å². The van der Waals surface area contributed by atoms with Crippen molar-refractivity contribution in [2.75, 3.05) is 45.2 Å². The van der Waals surface area contributed by atoms with E-state index in [1.165, 1.54) is 22.5 Å². The number of hydrogen-bond acceptors (Lipinski definition) is 6. The second kappa shape index (κ2) is 8.20. The third-order valence-electron chi connectivity index (χ3n) is 4.38. The van der Waals surface area contributed by atoms with Crippen LogP contribution < -0.4 is 4.90 Å². The number of amides is 1. The van der Waals surface area contributed by atoms with Crippen molar-refractivity contribution in [1.82, 2.24) is 19.4 Å². The highest BCUT2D eigenvalue weighted by Gasteiger charge is 2.31. The molecule has 0 spiro atoms. The Bertz CT molecular complexity index is 975. The van der Waals surface area contributed by atoms with Gasteiger partial charge < -0.3 is 9.80 Å². The first-order valence-electron chi connectivity index (χ1n) is 8.45. The molecular formula is C17H19Cl2N5O3S. The van der Waals surface area contributed by atoms with Gasteiger partial charge in [-0.2, -0.15) is 4.31 Å². The van der Waals surface area contributed by atoms with Gasteiger partial charge in [-0.1, -0.05) is 23.2 Å². The van der Waals surface area contributed by atoms with Crippen molar-refractivity contribution >= 4 is 45.0 Å². The first-order chi connectivity index (χ1) is 13.2. The van der Waals surface area contributed by atoms with Crippen molar-refractivity contribution in [3.8, 4) is 0 Å². The smallest absolute Gasteiger partial charge is 0.274 e. The molecule has 0 saturated carbocycles. The van der Waals surface area contributed by atoms with Gasteiger partial charge in [0, 0.05) is 40.3 Å². The molecule has 1 amide bonds. The van der Waals surface area contributed by atoms with E-state index < -0.39 is 10.0 Å². The van der Waals surface area contributed by atoms with Crippen LogP contribution in [0.15, 0.2) is 35.2 Å². The summed E-state index contributed by atoms with van der Waals surface area (Å²) in [7, 11) is -0.0467. The Balaban J connectivity index is 1.68. The van der Waals surface area contributed by atoms with Crippen LogP contribution in [0.4, 0.5) is 5.82 Å². The third kappa shape index (κ3) is 4.22. The van der Waals surface area contributed by atoms with E-state index >= 15 is 0 Å². The molecule has 1 aromatic carbocycles. The molecule has 1 aliphatic rings. The zero-order valence-electron chi connectivity index (χ0n) is 15.3. The van der Waals surface area contributed by atoms with Crippen LogP contribution in [-0.4, -0.2) is 74.0 Å². The molecule has 0 bridgehead atoms. The Labute approximate surface area is 173 Å². The zero-order valence-corrected chi connectivity index (χ0v) is 17.7. The van der Waals surface area contributed by atoms with E-state index in [1.807, 2.05) is 14.1 Å². The first kappa shape index (κ1) is 20.8. The van der Waals surface area contributed by atoms with Crippen molar-refractivity contribution in [3.05, 3.63) is 46.1 Å². The van der Waals surface area contributed by atoms with Crippen molar-refractivity contribution in [2.24, 2.45) is 0 Å². The largest absolute Gasteiger partial charge is 0.361 e. The molecule has 0 atom stereocenters. The minimum Gasteiger partial charge on any atom is -0.361 e. The molecule has 0 radical (unpaired) electrons. The summed E-state index contributed by atoms with van der Waals surface area (Å²) in [4.78, 5) is 16.0. The molecule has 0 aliphatic carbocycles. The number of hydrogen-bond donors (Lipinski definition) is 0. The van der Waals surface area contributed by atoms with Crippen LogP contribution in [0.3, 0.4) is 0 Å². The van der Waals surface area contributed by atoms with Gasteiger partial charge in [0.05, 0.1) is 14.9 Å². The van der Waals surface area contributed by atoms with Crippen molar-refractivity contribution < 1.29 is 13.2 Å². The lowest BCUT2D eigenvalue weighted by Gasteiger charge is -2.33. The van der Waals surface area contributed by atoms with E-state index in [0.717, 1.165) is 0 Å². The topological polar surface area (TPSA) is 86.7 Å². The van der Waals surface area contributed by atoms with Gasteiger partial charge in [0.1, 0.15) is 0 Å². The standard InChI is InChI=1S/C17H19Cl2N5O3S/c1-22(2)16-6-5-15(20-21-16)17(25)23-7-9-24(10-8-23)28(26,27)12-3-4-13(18)14(19)11-12/h3-6,11H,7-10H2,1-2H3. The summed E-state index contributed by atoms with van der Waals surface area (Å²) in [5.74, 6) is 0.374. The highest BCUT2D eigenvalue weighted by Crippen LogP contribution is 2.27. The molecule has 0 N–H and O–H groups in total. The van der Waals surface area contributed by atoms with E-state index in [-0.39, 0.29) is 52.7 Å². The van der Waals surface area contributed by atoms with Gasteiger partial charge >= 0.3 is 0 Å². The summed E-state index contributed by atoms with van der Waals surface area (Å²) in [6.45, 7) is 0.877. The van der Waals surface area contributed by atoms with E-state index in [2.05, 4.69) is 10.2 Å². The Morgan fingerprint density at radius 1 is 1.00 bits per heavy atom. The normalized spacial score (nSPS) is 15.5. The van der Waals surface area contributed by atoms with Gasteiger partial charge in [-0.05, 0) is 30.3 Å². The van der Waals surface area contributed by atoms with Crippen LogP contribution in [0.2, 0.25) is 10.0 Å². The minimum absolute atomic E-state index is 0.0758. The van der Waals surface area contributed by atoms with Gasteiger partial charge in [0.2, 0.25) is 10.0 Å². The average Bonchev–Trinajstić information content (AvgIpc) is 2.69. The molecule has 1 fully saturated rings. The molecule has 1 aromatic heterocycles. The fraction of sp³-hybridized carbons (Fsp3) is 0.353. The summed E-state index contributed by atoms with van der Waals surface area (Å²) >= 11 is 11.8. The maximum absolute atomic E-state index is 12.8.